The highest BCUT2D eigenvalue weighted by atomic mass is 32.1. The Morgan fingerprint density at radius 1 is 1.62 bits per heavy atom. The van der Waals surface area contributed by atoms with Gasteiger partial charge >= 0.3 is 0 Å². The summed E-state index contributed by atoms with van der Waals surface area (Å²) in [4.78, 5) is 26.4. The first-order valence-electron chi connectivity index (χ1n) is 4.79. The molecule has 0 spiro atoms. The number of carbonyl (C=O) groups is 2. The monoisotopic (exact) mass is 242 g/mol. The maximum Gasteiger partial charge on any atom is 0.271 e. The minimum atomic E-state index is -0.702. The molecule has 1 rings (SSSR count). The van der Waals surface area contributed by atoms with Crippen molar-refractivity contribution in [2.45, 2.75) is 19.4 Å². The van der Waals surface area contributed by atoms with E-state index in [2.05, 4.69) is 10.3 Å². The lowest BCUT2D eigenvalue weighted by atomic mass is 10.3. The molecule has 0 aromatic carbocycles. The molecule has 1 aromatic heterocycles. The molecule has 16 heavy (non-hydrogen) atoms. The Bertz CT molecular complexity index is 391. The molecule has 0 saturated carbocycles. The number of rotatable bonds is 5. The van der Waals surface area contributed by atoms with Gasteiger partial charge in [0.15, 0.2) is 0 Å². The first-order valence-corrected chi connectivity index (χ1v) is 5.67. The lowest BCUT2D eigenvalue weighted by Crippen LogP contribution is -2.42. The van der Waals surface area contributed by atoms with E-state index in [0.717, 1.165) is 5.01 Å². The summed E-state index contributed by atoms with van der Waals surface area (Å²) in [5.74, 6) is -0.975. The summed E-state index contributed by atoms with van der Waals surface area (Å²) >= 11 is 1.37. The van der Waals surface area contributed by atoms with Gasteiger partial charge < -0.3 is 16.8 Å². The van der Waals surface area contributed by atoms with Crippen molar-refractivity contribution in [1.29, 1.82) is 0 Å². The van der Waals surface area contributed by atoms with Crippen LogP contribution in [0.4, 0.5) is 0 Å². The van der Waals surface area contributed by atoms with E-state index >= 15 is 0 Å². The van der Waals surface area contributed by atoms with Crippen molar-refractivity contribution in [1.82, 2.24) is 10.3 Å². The van der Waals surface area contributed by atoms with E-state index in [1.165, 1.54) is 18.3 Å². The molecule has 0 saturated heterocycles. The molecule has 5 N–H and O–H groups in total. The largest absolute Gasteiger partial charge is 0.368 e. The van der Waals surface area contributed by atoms with Crippen molar-refractivity contribution in [3.63, 3.8) is 0 Å². The summed E-state index contributed by atoms with van der Waals surface area (Å²) < 4.78 is 0. The SMILES string of the molecule is CC(NC(=O)c1csc(CCN)n1)C(N)=O. The van der Waals surface area contributed by atoms with Crippen molar-refractivity contribution in [3.8, 4) is 0 Å². The van der Waals surface area contributed by atoms with Gasteiger partial charge in [0.1, 0.15) is 11.7 Å². The standard InChI is InChI=1S/C9H14N4O2S/c1-5(8(11)14)12-9(15)6-4-16-7(13-6)2-3-10/h4-5H,2-3,10H2,1H3,(H2,11,14)(H,12,15). The average molecular weight is 242 g/mol. The van der Waals surface area contributed by atoms with Gasteiger partial charge in [-0.25, -0.2) is 4.98 Å². The Morgan fingerprint density at radius 2 is 2.31 bits per heavy atom. The quantitative estimate of drug-likeness (QED) is 0.630. The van der Waals surface area contributed by atoms with Gasteiger partial charge in [0.25, 0.3) is 5.91 Å². The van der Waals surface area contributed by atoms with Crippen molar-refractivity contribution in [3.05, 3.63) is 16.1 Å². The number of aromatic nitrogens is 1. The van der Waals surface area contributed by atoms with Crippen LogP contribution in [0.15, 0.2) is 5.38 Å². The van der Waals surface area contributed by atoms with Gasteiger partial charge in [-0.15, -0.1) is 11.3 Å². The van der Waals surface area contributed by atoms with Gasteiger partial charge in [0.05, 0.1) is 5.01 Å². The van der Waals surface area contributed by atoms with Crippen LogP contribution in [0.25, 0.3) is 0 Å². The van der Waals surface area contributed by atoms with Gasteiger partial charge in [-0.05, 0) is 13.5 Å². The second kappa shape index (κ2) is 5.57. The third kappa shape index (κ3) is 3.28. The van der Waals surface area contributed by atoms with Crippen LogP contribution < -0.4 is 16.8 Å². The molecular weight excluding hydrogens is 228 g/mol. The Labute approximate surface area is 97.0 Å². The number of nitrogens with zero attached hydrogens (tertiary/aromatic N) is 1. The molecule has 0 bridgehead atoms. The number of primary amides is 1. The summed E-state index contributed by atoms with van der Waals surface area (Å²) in [7, 11) is 0. The molecule has 0 aliphatic rings. The highest BCUT2D eigenvalue weighted by Crippen LogP contribution is 2.09. The predicted octanol–water partition coefficient (Wildman–Crippen LogP) is -0.752. The van der Waals surface area contributed by atoms with Crippen LogP contribution in [0, 0.1) is 0 Å². The number of carbonyl (C=O) groups excluding carboxylic acids is 2. The number of nitrogens with two attached hydrogens (primary N) is 2. The number of hydrogen-bond acceptors (Lipinski definition) is 5. The van der Waals surface area contributed by atoms with E-state index in [1.807, 2.05) is 0 Å². The number of hydrogen-bond donors (Lipinski definition) is 3. The van der Waals surface area contributed by atoms with E-state index in [9.17, 15) is 9.59 Å². The molecule has 0 aliphatic carbocycles. The van der Waals surface area contributed by atoms with Crippen LogP contribution in [0.3, 0.4) is 0 Å². The van der Waals surface area contributed by atoms with Gasteiger partial charge in [-0.1, -0.05) is 0 Å². The molecule has 0 radical (unpaired) electrons. The molecule has 1 unspecified atom stereocenters. The van der Waals surface area contributed by atoms with E-state index in [0.29, 0.717) is 18.7 Å². The van der Waals surface area contributed by atoms with Crippen molar-refractivity contribution < 1.29 is 9.59 Å². The Morgan fingerprint density at radius 3 is 2.88 bits per heavy atom. The minimum Gasteiger partial charge on any atom is -0.368 e. The zero-order valence-corrected chi connectivity index (χ0v) is 9.71. The summed E-state index contributed by atoms with van der Waals surface area (Å²) in [6.07, 6.45) is 0.642. The highest BCUT2D eigenvalue weighted by molar-refractivity contribution is 7.09. The molecule has 7 heteroatoms. The third-order valence-electron chi connectivity index (χ3n) is 1.92. The summed E-state index contributed by atoms with van der Waals surface area (Å²) in [6.45, 7) is 2.01. The Balaban J connectivity index is 2.62. The normalized spacial score (nSPS) is 12.1. The van der Waals surface area contributed by atoms with E-state index in [1.54, 1.807) is 5.38 Å². The van der Waals surface area contributed by atoms with Crippen molar-refractivity contribution in [2.24, 2.45) is 11.5 Å². The van der Waals surface area contributed by atoms with Crippen molar-refractivity contribution in [2.75, 3.05) is 6.54 Å². The number of amides is 2. The fourth-order valence-corrected chi connectivity index (χ4v) is 1.79. The molecule has 6 nitrogen and oxygen atoms in total. The molecule has 1 atom stereocenters. The summed E-state index contributed by atoms with van der Waals surface area (Å²) in [5, 5.41) is 4.89. The summed E-state index contributed by atoms with van der Waals surface area (Å²) in [5.41, 5.74) is 10.7. The van der Waals surface area contributed by atoms with E-state index < -0.39 is 17.9 Å². The topological polar surface area (TPSA) is 111 Å². The Kier molecular flexibility index (Phi) is 4.39. The fourth-order valence-electron chi connectivity index (χ4n) is 0.995. The minimum absolute atomic E-state index is 0.293. The van der Waals surface area contributed by atoms with Crippen LogP contribution in [0.2, 0.25) is 0 Å². The first-order chi connectivity index (χ1) is 7.54. The lowest BCUT2D eigenvalue weighted by molar-refractivity contribution is -0.119. The highest BCUT2D eigenvalue weighted by Gasteiger charge is 2.15. The van der Waals surface area contributed by atoms with Gasteiger partial charge in [-0.3, -0.25) is 9.59 Å². The zero-order valence-electron chi connectivity index (χ0n) is 8.90. The van der Waals surface area contributed by atoms with Crippen LogP contribution in [0.5, 0.6) is 0 Å². The van der Waals surface area contributed by atoms with Crippen LogP contribution >= 0.6 is 11.3 Å². The fraction of sp³-hybridized carbons (Fsp3) is 0.444. The van der Waals surface area contributed by atoms with Crippen LogP contribution in [-0.2, 0) is 11.2 Å². The number of nitrogens with one attached hydrogen (secondary N) is 1. The van der Waals surface area contributed by atoms with Gasteiger partial charge in [0.2, 0.25) is 5.91 Å². The smallest absolute Gasteiger partial charge is 0.271 e. The molecule has 1 heterocycles. The molecule has 0 fully saturated rings. The molecule has 2 amide bonds. The maximum absolute atomic E-state index is 11.6. The van der Waals surface area contributed by atoms with Crippen LogP contribution in [0.1, 0.15) is 22.4 Å². The Hall–Kier alpha value is -1.47. The van der Waals surface area contributed by atoms with Crippen molar-refractivity contribution >= 4 is 23.2 Å². The van der Waals surface area contributed by atoms with E-state index in [-0.39, 0.29) is 0 Å². The third-order valence-corrected chi connectivity index (χ3v) is 2.83. The van der Waals surface area contributed by atoms with Gasteiger partial charge in [0, 0.05) is 11.8 Å². The first kappa shape index (κ1) is 12.6. The lowest BCUT2D eigenvalue weighted by Gasteiger charge is -2.07. The van der Waals surface area contributed by atoms with Crippen LogP contribution in [-0.4, -0.2) is 29.4 Å². The van der Waals surface area contributed by atoms with Gasteiger partial charge in [-0.2, -0.15) is 0 Å². The molecule has 0 aliphatic heterocycles. The number of thiazole rings is 1. The molecular formula is C9H14N4O2S. The molecule has 1 aromatic rings. The van der Waals surface area contributed by atoms with E-state index in [4.69, 9.17) is 11.5 Å². The maximum atomic E-state index is 11.6. The molecule has 88 valence electrons. The predicted molar refractivity (Wildman–Crippen MR) is 61.0 cm³/mol. The zero-order chi connectivity index (χ0) is 12.1. The second-order valence-corrected chi connectivity index (χ2v) is 4.21. The summed E-state index contributed by atoms with van der Waals surface area (Å²) in [6, 6.07) is -0.702. The average Bonchev–Trinajstić information content (AvgIpc) is 2.66. The second-order valence-electron chi connectivity index (χ2n) is 3.26.